The Balaban J connectivity index is 1.65. The molecule has 0 unspecified atom stereocenters. The summed E-state index contributed by atoms with van der Waals surface area (Å²) < 4.78 is 21.0. The maximum Gasteiger partial charge on any atom is 0.160 e. The Morgan fingerprint density at radius 3 is 2.38 bits per heavy atom. The van der Waals surface area contributed by atoms with Crippen molar-refractivity contribution < 1.29 is 9.13 Å². The van der Waals surface area contributed by atoms with Crippen LogP contribution in [-0.4, -0.2) is 25.6 Å². The van der Waals surface area contributed by atoms with Crippen LogP contribution >= 0.6 is 0 Å². The van der Waals surface area contributed by atoms with Crippen LogP contribution in [0.4, 0.5) is 16.0 Å². The van der Waals surface area contributed by atoms with E-state index < -0.39 is 0 Å². The van der Waals surface area contributed by atoms with E-state index in [-0.39, 0.29) is 11.9 Å². The number of anilines is 2. The lowest BCUT2D eigenvalue weighted by molar-refractivity contribution is 0.200. The van der Waals surface area contributed by atoms with Gasteiger partial charge in [0.2, 0.25) is 0 Å². The van der Waals surface area contributed by atoms with Crippen molar-refractivity contribution in [2.75, 3.05) is 11.5 Å². The number of imidazole rings is 1. The van der Waals surface area contributed by atoms with E-state index in [2.05, 4.69) is 9.97 Å². The van der Waals surface area contributed by atoms with E-state index in [0.717, 1.165) is 28.2 Å². The largest absolute Gasteiger partial charge is 0.489 e. The van der Waals surface area contributed by atoms with Gasteiger partial charge in [0.05, 0.1) is 12.2 Å². The lowest BCUT2D eigenvalue weighted by atomic mass is 10.1. The summed E-state index contributed by atoms with van der Waals surface area (Å²) in [6.45, 7) is 4.41. The lowest BCUT2D eigenvalue weighted by Crippen LogP contribution is -2.20. The van der Waals surface area contributed by atoms with Crippen LogP contribution in [0.15, 0.2) is 48.5 Å². The highest BCUT2D eigenvalue weighted by Gasteiger charge is 2.15. The maximum absolute atomic E-state index is 13.1. The fraction of sp³-hybridized carbons (Fsp3) is 0.190. The second-order valence-electron chi connectivity index (χ2n) is 6.90. The molecule has 0 fully saturated rings. The van der Waals surface area contributed by atoms with E-state index in [4.69, 9.17) is 21.2 Å². The summed E-state index contributed by atoms with van der Waals surface area (Å²) in [5.74, 6) is 1.82. The van der Waals surface area contributed by atoms with Crippen LogP contribution in [0, 0.1) is 12.7 Å². The molecule has 0 spiro atoms. The standard InChI is InChI=1S/C21H21FN6O/c1-12(29-16-5-3-15(22)4-6-16)11-28-13(2)25-18-8-7-17(26-21(18)28)14-9-19(23)27-20(24)10-14/h3-10,12H,11H2,1-2H3,(H4,23,24,27)/t12-/m0/s1. The molecule has 0 radical (unpaired) electrons. The molecule has 0 saturated heterocycles. The molecule has 4 aromatic rings. The van der Waals surface area contributed by atoms with Crippen molar-refractivity contribution in [1.29, 1.82) is 0 Å². The monoisotopic (exact) mass is 392 g/mol. The van der Waals surface area contributed by atoms with Gasteiger partial charge in [0, 0.05) is 5.56 Å². The van der Waals surface area contributed by atoms with E-state index in [9.17, 15) is 4.39 Å². The first-order chi connectivity index (χ1) is 13.9. The van der Waals surface area contributed by atoms with Gasteiger partial charge in [0.1, 0.15) is 40.6 Å². The molecule has 1 atom stereocenters. The van der Waals surface area contributed by atoms with E-state index in [0.29, 0.717) is 23.9 Å². The number of ether oxygens (including phenoxy) is 1. The van der Waals surface area contributed by atoms with Crippen molar-refractivity contribution in [2.45, 2.75) is 26.5 Å². The van der Waals surface area contributed by atoms with Crippen LogP contribution < -0.4 is 16.2 Å². The predicted molar refractivity (Wildman–Crippen MR) is 111 cm³/mol. The Kier molecular flexibility index (Phi) is 4.75. The van der Waals surface area contributed by atoms with Gasteiger partial charge in [-0.2, -0.15) is 0 Å². The fourth-order valence-corrected chi connectivity index (χ4v) is 3.26. The highest BCUT2D eigenvalue weighted by atomic mass is 19.1. The zero-order valence-corrected chi connectivity index (χ0v) is 16.1. The fourth-order valence-electron chi connectivity index (χ4n) is 3.26. The van der Waals surface area contributed by atoms with Gasteiger partial charge < -0.3 is 20.8 Å². The Bertz CT molecular complexity index is 1150. The number of nitrogens with two attached hydrogens (primary N) is 2. The first-order valence-corrected chi connectivity index (χ1v) is 9.18. The first kappa shape index (κ1) is 18.7. The number of pyridine rings is 2. The second-order valence-corrected chi connectivity index (χ2v) is 6.90. The van der Waals surface area contributed by atoms with E-state index in [1.165, 1.54) is 12.1 Å². The summed E-state index contributed by atoms with van der Waals surface area (Å²) >= 11 is 0. The van der Waals surface area contributed by atoms with Gasteiger partial charge >= 0.3 is 0 Å². The third-order valence-electron chi connectivity index (χ3n) is 4.53. The molecule has 4 rings (SSSR count). The van der Waals surface area contributed by atoms with Gasteiger partial charge in [-0.25, -0.2) is 19.3 Å². The summed E-state index contributed by atoms with van der Waals surface area (Å²) in [5, 5.41) is 0. The molecular weight excluding hydrogens is 371 g/mol. The smallest absolute Gasteiger partial charge is 0.160 e. The predicted octanol–water partition coefficient (Wildman–Crippen LogP) is 3.57. The number of aryl methyl sites for hydroxylation is 1. The van der Waals surface area contributed by atoms with Crippen molar-refractivity contribution in [1.82, 2.24) is 19.5 Å². The highest BCUT2D eigenvalue weighted by Crippen LogP contribution is 2.25. The number of rotatable bonds is 5. The van der Waals surface area contributed by atoms with Gasteiger partial charge in [-0.05, 0) is 62.4 Å². The molecule has 0 bridgehead atoms. The van der Waals surface area contributed by atoms with Crippen LogP contribution in [0.1, 0.15) is 12.7 Å². The van der Waals surface area contributed by atoms with Gasteiger partial charge in [-0.15, -0.1) is 0 Å². The number of nitrogens with zero attached hydrogens (tertiary/aromatic N) is 4. The zero-order chi connectivity index (χ0) is 20.5. The average Bonchev–Trinajstić information content (AvgIpc) is 2.97. The van der Waals surface area contributed by atoms with Gasteiger partial charge in [-0.3, -0.25) is 0 Å². The molecule has 0 amide bonds. The molecule has 0 aliphatic rings. The summed E-state index contributed by atoms with van der Waals surface area (Å²) in [6.07, 6.45) is -0.172. The first-order valence-electron chi connectivity index (χ1n) is 9.18. The van der Waals surface area contributed by atoms with Gasteiger partial charge in [-0.1, -0.05) is 0 Å². The third-order valence-corrected chi connectivity index (χ3v) is 4.53. The summed E-state index contributed by atoms with van der Waals surface area (Å²) in [7, 11) is 0. The van der Waals surface area contributed by atoms with E-state index >= 15 is 0 Å². The van der Waals surface area contributed by atoms with Crippen LogP contribution in [-0.2, 0) is 6.54 Å². The van der Waals surface area contributed by atoms with E-state index in [1.807, 2.05) is 30.5 Å². The molecule has 1 aromatic carbocycles. The van der Waals surface area contributed by atoms with Crippen molar-refractivity contribution in [3.05, 3.63) is 60.2 Å². The Hall–Kier alpha value is -3.68. The zero-order valence-electron chi connectivity index (χ0n) is 16.1. The summed E-state index contributed by atoms with van der Waals surface area (Å²) in [5.41, 5.74) is 14.7. The average molecular weight is 392 g/mol. The summed E-state index contributed by atoms with van der Waals surface area (Å²) in [4.78, 5) is 13.4. The molecule has 8 heteroatoms. The SMILES string of the molecule is Cc1nc2ccc(-c3cc(N)nc(N)c3)nc2n1C[C@H](C)Oc1ccc(F)cc1. The number of aromatic nitrogens is 4. The second kappa shape index (κ2) is 7.38. The number of benzene rings is 1. The Morgan fingerprint density at radius 1 is 1.00 bits per heavy atom. The van der Waals surface area contributed by atoms with Crippen LogP contribution in [0.2, 0.25) is 0 Å². The molecule has 0 aliphatic heterocycles. The van der Waals surface area contributed by atoms with Crippen molar-refractivity contribution in [3.8, 4) is 17.0 Å². The molecule has 29 heavy (non-hydrogen) atoms. The molecule has 148 valence electrons. The van der Waals surface area contributed by atoms with Crippen LogP contribution in [0.25, 0.3) is 22.4 Å². The topological polar surface area (TPSA) is 105 Å². The number of fused-ring (bicyclic) bond motifs is 1. The molecule has 3 heterocycles. The number of nitrogen functional groups attached to an aromatic ring is 2. The molecule has 7 nitrogen and oxygen atoms in total. The Morgan fingerprint density at radius 2 is 1.69 bits per heavy atom. The molecular formula is C21H21FN6O. The van der Waals surface area contributed by atoms with Gasteiger partial charge in [0.15, 0.2) is 5.65 Å². The van der Waals surface area contributed by atoms with E-state index in [1.54, 1.807) is 24.3 Å². The molecule has 4 N–H and O–H groups in total. The van der Waals surface area contributed by atoms with Crippen molar-refractivity contribution in [3.63, 3.8) is 0 Å². The lowest BCUT2D eigenvalue weighted by Gasteiger charge is -2.16. The minimum atomic E-state index is -0.296. The third kappa shape index (κ3) is 3.96. The van der Waals surface area contributed by atoms with Gasteiger partial charge in [0.25, 0.3) is 0 Å². The van der Waals surface area contributed by atoms with Crippen LogP contribution in [0.3, 0.4) is 0 Å². The highest BCUT2D eigenvalue weighted by molar-refractivity contribution is 5.77. The maximum atomic E-state index is 13.1. The van der Waals surface area contributed by atoms with Crippen molar-refractivity contribution >= 4 is 22.8 Å². The quantitative estimate of drug-likeness (QED) is 0.538. The number of hydrogen-bond acceptors (Lipinski definition) is 6. The molecule has 0 aliphatic carbocycles. The number of hydrogen-bond donors (Lipinski definition) is 2. The van der Waals surface area contributed by atoms with Crippen LogP contribution in [0.5, 0.6) is 5.75 Å². The number of halogens is 1. The summed E-state index contributed by atoms with van der Waals surface area (Å²) in [6, 6.07) is 13.2. The normalized spacial score (nSPS) is 12.2. The Labute approximate surface area is 167 Å². The minimum Gasteiger partial charge on any atom is -0.489 e. The minimum absolute atomic E-state index is 0.172. The van der Waals surface area contributed by atoms with Crippen molar-refractivity contribution in [2.24, 2.45) is 0 Å². The molecule has 0 saturated carbocycles. The molecule has 3 aromatic heterocycles.